The second kappa shape index (κ2) is 3.57. The molecule has 4 nitrogen and oxygen atoms in total. The van der Waals surface area contributed by atoms with E-state index in [0.717, 1.165) is 18.4 Å². The summed E-state index contributed by atoms with van der Waals surface area (Å²) in [4.78, 5) is 10.1. The molecule has 80 valence electrons. The van der Waals surface area contributed by atoms with E-state index in [1.54, 1.807) is 6.07 Å². The molecular weight excluding hydrogens is 262 g/mol. The zero-order valence-corrected chi connectivity index (χ0v) is 9.53. The molecule has 1 saturated carbocycles. The highest BCUT2D eigenvalue weighted by Gasteiger charge is 2.45. The van der Waals surface area contributed by atoms with Crippen molar-refractivity contribution in [1.29, 1.82) is 0 Å². The average Bonchev–Trinajstić information content (AvgIpc) is 2.98. The zero-order chi connectivity index (χ0) is 11.1. The molecule has 15 heavy (non-hydrogen) atoms. The number of nitro benzene ring substituents is 1. The minimum atomic E-state index is -0.424. The predicted octanol–water partition coefficient (Wildman–Crippen LogP) is 2.38. The van der Waals surface area contributed by atoms with E-state index < -0.39 is 4.92 Å². The molecule has 0 spiro atoms. The molecule has 0 heterocycles. The molecule has 1 aliphatic carbocycles. The normalized spacial score (nSPS) is 17.5. The van der Waals surface area contributed by atoms with Gasteiger partial charge in [-0.25, -0.2) is 0 Å². The molecule has 0 saturated heterocycles. The van der Waals surface area contributed by atoms with Gasteiger partial charge in [-0.1, -0.05) is 22.0 Å². The van der Waals surface area contributed by atoms with E-state index in [9.17, 15) is 15.2 Å². The fraction of sp³-hybridized carbons (Fsp3) is 0.400. The smallest absolute Gasteiger partial charge is 0.270 e. The first kappa shape index (κ1) is 10.6. The number of halogens is 1. The topological polar surface area (TPSA) is 63.4 Å². The van der Waals surface area contributed by atoms with Crippen molar-refractivity contribution >= 4 is 21.6 Å². The van der Waals surface area contributed by atoms with Gasteiger partial charge in [0.25, 0.3) is 5.69 Å². The summed E-state index contributed by atoms with van der Waals surface area (Å²) >= 11 is 3.32. The highest BCUT2D eigenvalue weighted by molar-refractivity contribution is 9.10. The average molecular weight is 272 g/mol. The first-order valence-corrected chi connectivity index (χ1v) is 5.44. The van der Waals surface area contributed by atoms with Gasteiger partial charge in [-0.05, 0) is 18.4 Å². The van der Waals surface area contributed by atoms with Crippen LogP contribution in [0.15, 0.2) is 22.7 Å². The van der Waals surface area contributed by atoms with Gasteiger partial charge in [0.1, 0.15) is 0 Å². The zero-order valence-electron chi connectivity index (χ0n) is 7.94. The number of hydrogen-bond donors (Lipinski definition) is 1. The van der Waals surface area contributed by atoms with E-state index in [4.69, 9.17) is 0 Å². The second-order valence-corrected chi connectivity index (χ2v) is 4.71. The van der Waals surface area contributed by atoms with Crippen LogP contribution >= 0.6 is 15.9 Å². The summed E-state index contributed by atoms with van der Waals surface area (Å²) in [5.41, 5.74) is 0.878. The van der Waals surface area contributed by atoms with Gasteiger partial charge in [-0.3, -0.25) is 10.1 Å². The van der Waals surface area contributed by atoms with Crippen LogP contribution in [0.3, 0.4) is 0 Å². The van der Waals surface area contributed by atoms with Crippen LogP contribution in [-0.2, 0) is 5.41 Å². The van der Waals surface area contributed by atoms with Gasteiger partial charge in [0.2, 0.25) is 0 Å². The number of hydrogen-bond acceptors (Lipinski definition) is 3. The van der Waals surface area contributed by atoms with Crippen molar-refractivity contribution in [3.63, 3.8) is 0 Å². The van der Waals surface area contributed by atoms with Crippen molar-refractivity contribution in [3.05, 3.63) is 38.3 Å². The molecule has 1 fully saturated rings. The summed E-state index contributed by atoms with van der Waals surface area (Å²) < 4.78 is 0.711. The molecule has 0 atom stereocenters. The molecule has 0 bridgehead atoms. The number of benzene rings is 1. The van der Waals surface area contributed by atoms with Crippen LogP contribution in [0.2, 0.25) is 0 Å². The number of aliphatic hydroxyl groups is 1. The maximum Gasteiger partial charge on any atom is 0.270 e. The molecule has 5 heteroatoms. The SMILES string of the molecule is O=[N+]([O-])c1ccc(C2(CO)CC2)c(Br)c1. The number of nitrogens with zero attached hydrogens (tertiary/aromatic N) is 1. The van der Waals surface area contributed by atoms with Gasteiger partial charge in [0.15, 0.2) is 0 Å². The maximum atomic E-state index is 10.5. The monoisotopic (exact) mass is 271 g/mol. The van der Waals surface area contributed by atoms with Crippen molar-refractivity contribution in [3.8, 4) is 0 Å². The Kier molecular flexibility index (Phi) is 2.52. The Morgan fingerprint density at radius 3 is 2.60 bits per heavy atom. The molecule has 0 radical (unpaired) electrons. The van der Waals surface area contributed by atoms with E-state index in [1.807, 2.05) is 0 Å². The van der Waals surface area contributed by atoms with Gasteiger partial charge in [-0.15, -0.1) is 0 Å². The summed E-state index contributed by atoms with van der Waals surface area (Å²) in [6.07, 6.45) is 1.89. The Balaban J connectivity index is 2.39. The number of aliphatic hydroxyl groups excluding tert-OH is 1. The molecule has 1 aromatic carbocycles. The third-order valence-corrected chi connectivity index (χ3v) is 3.55. The predicted molar refractivity (Wildman–Crippen MR) is 58.8 cm³/mol. The molecule has 1 aromatic rings. The van der Waals surface area contributed by atoms with Crippen LogP contribution in [0.25, 0.3) is 0 Å². The fourth-order valence-corrected chi connectivity index (χ4v) is 2.50. The lowest BCUT2D eigenvalue weighted by molar-refractivity contribution is -0.384. The van der Waals surface area contributed by atoms with Crippen molar-refractivity contribution in [1.82, 2.24) is 0 Å². The standard InChI is InChI=1S/C10H10BrNO3/c11-9-5-7(12(14)15)1-2-8(9)10(6-13)3-4-10/h1-2,5,13H,3-4,6H2. The van der Waals surface area contributed by atoms with E-state index in [0.29, 0.717) is 4.47 Å². The lowest BCUT2D eigenvalue weighted by Gasteiger charge is -2.13. The Morgan fingerprint density at radius 1 is 1.53 bits per heavy atom. The molecule has 1 aliphatic rings. The van der Waals surface area contributed by atoms with Crippen molar-refractivity contribution < 1.29 is 10.0 Å². The minimum Gasteiger partial charge on any atom is -0.395 e. The Labute approximate surface area is 95.2 Å². The first-order valence-electron chi connectivity index (χ1n) is 4.64. The summed E-state index contributed by atoms with van der Waals surface area (Å²) in [7, 11) is 0. The van der Waals surface area contributed by atoms with E-state index >= 15 is 0 Å². The van der Waals surface area contributed by atoms with Crippen LogP contribution in [-0.4, -0.2) is 16.6 Å². The van der Waals surface area contributed by atoms with Gasteiger partial charge in [-0.2, -0.15) is 0 Å². The third kappa shape index (κ3) is 1.77. The number of non-ortho nitro benzene ring substituents is 1. The third-order valence-electron chi connectivity index (χ3n) is 2.89. The summed E-state index contributed by atoms with van der Waals surface area (Å²) in [5.74, 6) is 0. The highest BCUT2D eigenvalue weighted by Crippen LogP contribution is 2.50. The number of nitro groups is 1. The van der Waals surface area contributed by atoms with E-state index in [-0.39, 0.29) is 17.7 Å². The summed E-state index contributed by atoms with van der Waals surface area (Å²) in [5, 5.41) is 19.8. The molecule has 0 aromatic heterocycles. The maximum absolute atomic E-state index is 10.5. The van der Waals surface area contributed by atoms with Gasteiger partial charge < -0.3 is 5.11 Å². The van der Waals surface area contributed by atoms with Crippen LogP contribution < -0.4 is 0 Å². The van der Waals surface area contributed by atoms with Crippen LogP contribution in [0, 0.1) is 10.1 Å². The lowest BCUT2D eigenvalue weighted by Crippen LogP contribution is -2.12. The van der Waals surface area contributed by atoms with Gasteiger partial charge in [0.05, 0.1) is 11.5 Å². The molecule has 0 amide bonds. The van der Waals surface area contributed by atoms with Crippen LogP contribution in [0.5, 0.6) is 0 Å². The minimum absolute atomic E-state index is 0.0689. The largest absolute Gasteiger partial charge is 0.395 e. The van der Waals surface area contributed by atoms with Crippen molar-refractivity contribution in [2.24, 2.45) is 0 Å². The summed E-state index contributed by atoms with van der Waals surface area (Å²) in [6.45, 7) is 0.101. The van der Waals surface area contributed by atoms with E-state index in [2.05, 4.69) is 15.9 Å². The molecule has 0 aliphatic heterocycles. The first-order chi connectivity index (χ1) is 7.09. The van der Waals surface area contributed by atoms with Crippen LogP contribution in [0.4, 0.5) is 5.69 Å². The quantitative estimate of drug-likeness (QED) is 0.678. The van der Waals surface area contributed by atoms with Crippen molar-refractivity contribution in [2.45, 2.75) is 18.3 Å². The molecule has 0 unspecified atom stereocenters. The van der Waals surface area contributed by atoms with Gasteiger partial charge in [0, 0.05) is 22.0 Å². The molecule has 2 rings (SSSR count). The lowest BCUT2D eigenvalue weighted by atomic mass is 9.97. The van der Waals surface area contributed by atoms with Gasteiger partial charge >= 0.3 is 0 Å². The molecule has 1 N–H and O–H groups in total. The van der Waals surface area contributed by atoms with Crippen molar-refractivity contribution in [2.75, 3.05) is 6.61 Å². The summed E-state index contributed by atoms with van der Waals surface area (Å²) in [6, 6.07) is 4.70. The second-order valence-electron chi connectivity index (χ2n) is 3.86. The Hall–Kier alpha value is -0.940. The Bertz CT molecular complexity index is 415. The highest BCUT2D eigenvalue weighted by atomic mass is 79.9. The Morgan fingerprint density at radius 2 is 2.20 bits per heavy atom. The van der Waals surface area contributed by atoms with E-state index in [1.165, 1.54) is 12.1 Å². The molecular formula is C10H10BrNO3. The fourth-order valence-electron chi connectivity index (χ4n) is 1.71. The van der Waals surface area contributed by atoms with Crippen LogP contribution in [0.1, 0.15) is 18.4 Å². The number of rotatable bonds is 3.